The molecule has 0 aliphatic rings. The number of rotatable bonds is 9. The molecule has 0 saturated carbocycles. The van der Waals surface area contributed by atoms with E-state index in [2.05, 4.69) is 20.8 Å². The van der Waals surface area contributed by atoms with Crippen LogP contribution in [0.2, 0.25) is 0 Å². The Morgan fingerprint density at radius 1 is 1.16 bits per heavy atom. The van der Waals surface area contributed by atoms with E-state index in [9.17, 15) is 5.11 Å². The normalized spacial score (nSPS) is 11.2. The van der Waals surface area contributed by atoms with E-state index < -0.39 is 0 Å². The van der Waals surface area contributed by atoms with Crippen molar-refractivity contribution in [2.75, 3.05) is 40.5 Å². The van der Waals surface area contributed by atoms with Gasteiger partial charge >= 0.3 is 0 Å². The molecule has 0 unspecified atom stereocenters. The van der Waals surface area contributed by atoms with Gasteiger partial charge in [0.25, 0.3) is 0 Å². The second-order valence-electron chi connectivity index (χ2n) is 4.40. The van der Waals surface area contributed by atoms with Gasteiger partial charge in [-0.15, -0.1) is 0 Å². The van der Waals surface area contributed by atoms with Crippen molar-refractivity contribution in [2.45, 2.75) is 13.0 Å². The molecular weight excluding hydrogens is 310 g/mol. The maximum absolute atomic E-state index is 9.50. The van der Waals surface area contributed by atoms with Gasteiger partial charge in [0.05, 0.1) is 11.1 Å². The van der Waals surface area contributed by atoms with Gasteiger partial charge in [-0.2, -0.15) is 0 Å². The Balaban J connectivity index is 2.56. The van der Waals surface area contributed by atoms with E-state index in [4.69, 9.17) is 9.47 Å². The molecule has 4 nitrogen and oxygen atoms in total. The number of aromatic hydroxyl groups is 1. The number of hydrogen-bond acceptors (Lipinski definition) is 4. The predicted octanol–water partition coefficient (Wildman–Crippen LogP) is 2.64. The summed E-state index contributed by atoms with van der Waals surface area (Å²) in [5, 5.41) is 9.50. The molecule has 0 saturated heterocycles. The van der Waals surface area contributed by atoms with Crippen molar-refractivity contribution >= 4 is 15.9 Å². The molecule has 0 radical (unpaired) electrons. The number of halogens is 1. The summed E-state index contributed by atoms with van der Waals surface area (Å²) in [4.78, 5) is 2.32. The largest absolute Gasteiger partial charge is 0.507 e. The van der Waals surface area contributed by atoms with Gasteiger partial charge in [-0.05, 0) is 40.0 Å². The van der Waals surface area contributed by atoms with Crippen molar-refractivity contribution in [3.05, 3.63) is 28.2 Å². The number of phenols is 1. The van der Waals surface area contributed by atoms with Crippen molar-refractivity contribution in [3.8, 4) is 5.75 Å². The van der Waals surface area contributed by atoms with Crippen molar-refractivity contribution in [1.82, 2.24) is 4.90 Å². The van der Waals surface area contributed by atoms with Crippen molar-refractivity contribution in [2.24, 2.45) is 0 Å². The van der Waals surface area contributed by atoms with Crippen LogP contribution in [0.3, 0.4) is 0 Å². The first kappa shape index (κ1) is 16.4. The molecule has 0 amide bonds. The van der Waals surface area contributed by atoms with Crippen LogP contribution in [-0.2, 0) is 16.0 Å². The second kappa shape index (κ2) is 9.31. The third-order valence-corrected chi connectivity index (χ3v) is 3.49. The molecule has 108 valence electrons. The van der Waals surface area contributed by atoms with Crippen LogP contribution in [0.1, 0.15) is 12.0 Å². The number of nitrogens with zero attached hydrogens (tertiary/aromatic N) is 1. The maximum atomic E-state index is 9.50. The summed E-state index contributed by atoms with van der Waals surface area (Å²) in [5.74, 6) is 0.270. The van der Waals surface area contributed by atoms with Crippen LogP contribution in [0, 0.1) is 0 Å². The molecular formula is C14H22BrNO3. The second-order valence-corrected chi connectivity index (χ2v) is 5.26. The van der Waals surface area contributed by atoms with E-state index in [-0.39, 0.29) is 5.75 Å². The third kappa shape index (κ3) is 6.38. The van der Waals surface area contributed by atoms with Crippen LogP contribution in [0.5, 0.6) is 5.75 Å². The Morgan fingerprint density at radius 2 is 1.89 bits per heavy atom. The van der Waals surface area contributed by atoms with Crippen molar-refractivity contribution < 1.29 is 14.6 Å². The molecule has 19 heavy (non-hydrogen) atoms. The predicted molar refractivity (Wildman–Crippen MR) is 79.5 cm³/mol. The van der Waals surface area contributed by atoms with Crippen LogP contribution < -0.4 is 0 Å². The zero-order valence-corrected chi connectivity index (χ0v) is 13.1. The smallest absolute Gasteiger partial charge is 0.129 e. The van der Waals surface area contributed by atoms with Crippen LogP contribution >= 0.6 is 15.9 Å². The van der Waals surface area contributed by atoms with Crippen molar-refractivity contribution in [3.63, 3.8) is 0 Å². The molecule has 1 aromatic carbocycles. The van der Waals surface area contributed by atoms with E-state index in [0.717, 1.165) is 42.7 Å². The summed E-state index contributed by atoms with van der Waals surface area (Å²) in [6, 6.07) is 5.60. The number of ether oxygens (including phenoxy) is 2. The Kier molecular flexibility index (Phi) is 8.05. The van der Waals surface area contributed by atoms with Gasteiger partial charge in [0.1, 0.15) is 5.75 Å². The summed E-state index contributed by atoms with van der Waals surface area (Å²) in [7, 11) is 3.43. The first-order chi connectivity index (χ1) is 9.17. The summed E-state index contributed by atoms with van der Waals surface area (Å²) < 4.78 is 11.0. The highest BCUT2D eigenvalue weighted by atomic mass is 79.9. The lowest BCUT2D eigenvalue weighted by atomic mass is 10.2. The molecule has 0 fully saturated rings. The lowest BCUT2D eigenvalue weighted by Crippen LogP contribution is -2.28. The Bertz CT molecular complexity index is 374. The van der Waals surface area contributed by atoms with Crippen LogP contribution in [0.25, 0.3) is 0 Å². The van der Waals surface area contributed by atoms with Gasteiger partial charge in [0.15, 0.2) is 0 Å². The third-order valence-electron chi connectivity index (χ3n) is 2.85. The van der Waals surface area contributed by atoms with Crippen molar-refractivity contribution in [1.29, 1.82) is 0 Å². The molecule has 0 heterocycles. The molecule has 1 aromatic rings. The molecule has 0 aromatic heterocycles. The maximum Gasteiger partial charge on any atom is 0.129 e. The molecule has 0 atom stereocenters. The molecule has 0 bridgehead atoms. The monoisotopic (exact) mass is 331 g/mol. The van der Waals surface area contributed by atoms with Crippen LogP contribution in [-0.4, -0.2) is 50.5 Å². The number of benzene rings is 1. The van der Waals surface area contributed by atoms with E-state index in [1.165, 1.54) is 0 Å². The molecule has 0 aliphatic heterocycles. The number of phenolic OH excluding ortho intramolecular Hbond substituents is 1. The zero-order chi connectivity index (χ0) is 14.1. The fourth-order valence-corrected chi connectivity index (χ4v) is 2.26. The highest BCUT2D eigenvalue weighted by Crippen LogP contribution is 2.24. The lowest BCUT2D eigenvalue weighted by Gasteiger charge is -2.22. The summed E-state index contributed by atoms with van der Waals surface area (Å²) >= 11 is 3.34. The minimum absolute atomic E-state index is 0.270. The van der Waals surface area contributed by atoms with E-state index in [1.54, 1.807) is 20.3 Å². The quantitative estimate of drug-likeness (QED) is 0.706. The average Bonchev–Trinajstić information content (AvgIpc) is 2.40. The van der Waals surface area contributed by atoms with E-state index >= 15 is 0 Å². The zero-order valence-electron chi connectivity index (χ0n) is 11.6. The SMILES string of the molecule is COCCCN(CCOC)Cc1ccc(O)c(Br)c1. The van der Waals surface area contributed by atoms with Crippen LogP contribution in [0.4, 0.5) is 0 Å². The topological polar surface area (TPSA) is 41.9 Å². The minimum atomic E-state index is 0.270. The molecule has 1 N–H and O–H groups in total. The van der Waals surface area contributed by atoms with E-state index in [1.807, 2.05) is 12.1 Å². The lowest BCUT2D eigenvalue weighted by molar-refractivity contribution is 0.129. The Labute approximate surface area is 123 Å². The van der Waals surface area contributed by atoms with Gasteiger partial charge in [-0.1, -0.05) is 6.07 Å². The molecule has 0 aliphatic carbocycles. The average molecular weight is 332 g/mol. The number of methoxy groups -OCH3 is 2. The van der Waals surface area contributed by atoms with Gasteiger partial charge < -0.3 is 14.6 Å². The minimum Gasteiger partial charge on any atom is -0.507 e. The van der Waals surface area contributed by atoms with E-state index in [0.29, 0.717) is 6.61 Å². The van der Waals surface area contributed by atoms with Gasteiger partial charge in [0, 0.05) is 40.5 Å². The molecule has 1 rings (SSSR count). The highest BCUT2D eigenvalue weighted by molar-refractivity contribution is 9.10. The number of hydrogen-bond donors (Lipinski definition) is 1. The van der Waals surface area contributed by atoms with Crippen LogP contribution in [0.15, 0.2) is 22.7 Å². The Morgan fingerprint density at radius 3 is 2.53 bits per heavy atom. The fraction of sp³-hybridized carbons (Fsp3) is 0.571. The van der Waals surface area contributed by atoms with Gasteiger partial charge in [-0.25, -0.2) is 0 Å². The molecule has 5 heteroatoms. The standard InChI is InChI=1S/C14H22BrNO3/c1-18-8-3-6-16(7-9-19-2)11-12-4-5-14(17)13(15)10-12/h4-5,10,17H,3,6-9,11H2,1-2H3. The Hall–Kier alpha value is -0.620. The van der Waals surface area contributed by atoms with Gasteiger partial charge in [0.2, 0.25) is 0 Å². The summed E-state index contributed by atoms with van der Waals surface area (Å²) in [5.41, 5.74) is 1.16. The first-order valence-electron chi connectivity index (χ1n) is 6.35. The molecule has 0 spiro atoms. The summed E-state index contributed by atoms with van der Waals surface area (Å²) in [6.45, 7) is 4.18. The highest BCUT2D eigenvalue weighted by Gasteiger charge is 2.07. The summed E-state index contributed by atoms with van der Waals surface area (Å²) in [6.07, 6.45) is 0.999. The van der Waals surface area contributed by atoms with Gasteiger partial charge in [-0.3, -0.25) is 4.90 Å². The first-order valence-corrected chi connectivity index (χ1v) is 7.14. The fourth-order valence-electron chi connectivity index (χ4n) is 1.83.